The summed E-state index contributed by atoms with van der Waals surface area (Å²) in [4.78, 5) is 16.4. The first kappa shape index (κ1) is 24.5. The summed E-state index contributed by atoms with van der Waals surface area (Å²) >= 11 is 0. The van der Waals surface area contributed by atoms with E-state index in [1.807, 2.05) is 32.0 Å². The van der Waals surface area contributed by atoms with Crippen LogP contribution in [0, 0.1) is 12.7 Å². The third-order valence-electron chi connectivity index (χ3n) is 6.80. The molecule has 2 aliphatic heterocycles. The van der Waals surface area contributed by atoms with E-state index in [9.17, 15) is 12.8 Å². The van der Waals surface area contributed by atoms with Crippen molar-refractivity contribution in [3.63, 3.8) is 0 Å². The highest BCUT2D eigenvalue weighted by Gasteiger charge is 2.32. The maximum Gasteiger partial charge on any atom is 0.243 e. The van der Waals surface area contributed by atoms with Gasteiger partial charge in [-0.1, -0.05) is 12.1 Å². The average Bonchev–Trinajstić information content (AvgIpc) is 2.88. The van der Waals surface area contributed by atoms with Crippen molar-refractivity contribution in [1.29, 1.82) is 0 Å². The van der Waals surface area contributed by atoms with E-state index in [0.717, 1.165) is 54.5 Å². The van der Waals surface area contributed by atoms with Gasteiger partial charge in [0.05, 0.1) is 10.6 Å². The van der Waals surface area contributed by atoms with Crippen molar-refractivity contribution in [2.75, 3.05) is 61.5 Å². The molecule has 0 N–H and O–H groups in total. The molecule has 0 atom stereocenters. The number of fused-ring (bicyclic) bond motifs is 1. The predicted octanol–water partition coefficient (Wildman–Crippen LogP) is 3.06. The average molecular weight is 511 g/mol. The summed E-state index contributed by atoms with van der Waals surface area (Å²) in [7, 11) is 0.231. The van der Waals surface area contributed by atoms with Crippen LogP contribution in [0.3, 0.4) is 0 Å². The molecule has 0 unspecified atom stereocenters. The topological polar surface area (TPSA) is 72.9 Å². The minimum atomic E-state index is -3.62. The third-order valence-corrected chi connectivity index (χ3v) is 8.64. The molecule has 36 heavy (non-hydrogen) atoms. The first-order chi connectivity index (χ1) is 17.2. The van der Waals surface area contributed by atoms with Crippen molar-refractivity contribution in [2.45, 2.75) is 24.8 Å². The molecule has 0 amide bonds. The molecular weight excluding hydrogens is 479 g/mol. The quantitative estimate of drug-likeness (QED) is 0.522. The van der Waals surface area contributed by atoms with E-state index < -0.39 is 10.0 Å². The van der Waals surface area contributed by atoms with Crippen LogP contribution >= 0.6 is 0 Å². The maximum absolute atomic E-state index is 13.3. The van der Waals surface area contributed by atoms with Crippen molar-refractivity contribution >= 4 is 27.5 Å². The predicted molar refractivity (Wildman–Crippen MR) is 140 cm³/mol. The second-order valence-corrected chi connectivity index (χ2v) is 11.5. The Morgan fingerprint density at radius 3 is 2.28 bits per heavy atom. The van der Waals surface area contributed by atoms with Gasteiger partial charge in [-0.2, -0.15) is 9.29 Å². The molecule has 3 heterocycles. The number of piperazine rings is 1. The Kier molecular flexibility index (Phi) is 6.57. The third kappa shape index (κ3) is 4.75. The van der Waals surface area contributed by atoms with Gasteiger partial charge in [-0.15, -0.1) is 0 Å². The fourth-order valence-corrected chi connectivity index (χ4v) is 6.33. The normalized spacial score (nSPS) is 16.7. The number of rotatable bonds is 5. The molecule has 3 aromatic rings. The van der Waals surface area contributed by atoms with Crippen molar-refractivity contribution in [3.05, 3.63) is 71.2 Å². The monoisotopic (exact) mass is 510 g/mol. The van der Waals surface area contributed by atoms with Crippen molar-refractivity contribution in [3.8, 4) is 0 Å². The molecule has 2 aliphatic rings. The molecule has 0 aliphatic carbocycles. The minimum Gasteiger partial charge on any atom is -0.368 e. The Balaban J connectivity index is 1.37. The van der Waals surface area contributed by atoms with Crippen LogP contribution in [-0.2, 0) is 23.0 Å². The van der Waals surface area contributed by atoms with Crippen molar-refractivity contribution < 1.29 is 12.8 Å². The molecule has 1 aromatic heterocycles. The zero-order chi connectivity index (χ0) is 25.4. The SMILES string of the molecule is Cc1cccc(S(=O)(=O)N2CCc3nc(N4CCN(c5ccc(F)cc5)CC4)nc(N(C)C)c3C2)c1. The Labute approximate surface area is 212 Å². The summed E-state index contributed by atoms with van der Waals surface area (Å²) in [5.74, 6) is 1.19. The van der Waals surface area contributed by atoms with Crippen molar-refractivity contribution in [1.82, 2.24) is 14.3 Å². The Morgan fingerprint density at radius 2 is 1.61 bits per heavy atom. The number of hydrogen-bond acceptors (Lipinski definition) is 7. The summed E-state index contributed by atoms with van der Waals surface area (Å²) in [5.41, 5.74) is 3.68. The number of halogens is 1. The Hall–Kier alpha value is -3.24. The molecule has 5 rings (SSSR count). The molecule has 0 spiro atoms. The van der Waals surface area contributed by atoms with E-state index in [1.165, 1.54) is 16.4 Å². The Morgan fingerprint density at radius 1 is 0.917 bits per heavy atom. The van der Waals surface area contributed by atoms with E-state index >= 15 is 0 Å². The minimum absolute atomic E-state index is 0.235. The molecule has 2 aromatic carbocycles. The van der Waals surface area contributed by atoms with E-state index in [-0.39, 0.29) is 12.4 Å². The zero-order valence-corrected chi connectivity index (χ0v) is 21.7. The lowest BCUT2D eigenvalue weighted by Crippen LogP contribution is -2.47. The van der Waals surface area contributed by atoms with Crippen LogP contribution in [0.4, 0.5) is 21.8 Å². The van der Waals surface area contributed by atoms with Crippen LogP contribution in [0.2, 0.25) is 0 Å². The van der Waals surface area contributed by atoms with Crippen LogP contribution in [0.1, 0.15) is 16.8 Å². The van der Waals surface area contributed by atoms with Crippen LogP contribution < -0.4 is 14.7 Å². The highest BCUT2D eigenvalue weighted by Crippen LogP contribution is 2.31. The molecule has 1 saturated heterocycles. The van der Waals surface area contributed by atoms with Crippen LogP contribution in [0.5, 0.6) is 0 Å². The van der Waals surface area contributed by atoms with Gasteiger partial charge in [0.15, 0.2) is 0 Å². The summed E-state index contributed by atoms with van der Waals surface area (Å²) in [6.45, 7) is 5.58. The number of anilines is 3. The molecule has 0 bridgehead atoms. The van der Waals surface area contributed by atoms with E-state index in [1.54, 1.807) is 30.3 Å². The second-order valence-electron chi connectivity index (χ2n) is 9.52. The van der Waals surface area contributed by atoms with Gasteiger partial charge in [0.1, 0.15) is 11.6 Å². The lowest BCUT2D eigenvalue weighted by atomic mass is 10.1. The van der Waals surface area contributed by atoms with Crippen LogP contribution in [-0.4, -0.2) is 69.5 Å². The number of hydrogen-bond donors (Lipinski definition) is 0. The van der Waals surface area contributed by atoms with Crippen molar-refractivity contribution in [2.24, 2.45) is 0 Å². The van der Waals surface area contributed by atoms with E-state index in [2.05, 4.69) is 9.80 Å². The summed E-state index contributed by atoms with van der Waals surface area (Å²) in [6.07, 6.45) is 0.534. The van der Waals surface area contributed by atoms with Gasteiger partial charge in [0.2, 0.25) is 16.0 Å². The van der Waals surface area contributed by atoms with Crippen LogP contribution in [0.15, 0.2) is 53.4 Å². The van der Waals surface area contributed by atoms with Gasteiger partial charge < -0.3 is 14.7 Å². The second kappa shape index (κ2) is 9.67. The van der Waals surface area contributed by atoms with Gasteiger partial charge in [-0.05, 0) is 48.9 Å². The first-order valence-corrected chi connectivity index (χ1v) is 13.6. The Bertz CT molecular complexity index is 1360. The molecule has 1 fully saturated rings. The molecule has 190 valence electrons. The largest absolute Gasteiger partial charge is 0.368 e. The molecule has 0 radical (unpaired) electrons. The number of benzene rings is 2. The first-order valence-electron chi connectivity index (χ1n) is 12.1. The number of nitrogens with zero attached hydrogens (tertiary/aromatic N) is 6. The molecular formula is C26H31FN6O2S. The summed E-state index contributed by atoms with van der Waals surface area (Å²) in [5, 5.41) is 0. The molecule has 10 heteroatoms. The lowest BCUT2D eigenvalue weighted by molar-refractivity contribution is 0.387. The molecule has 8 nitrogen and oxygen atoms in total. The van der Waals surface area contributed by atoms with Gasteiger partial charge >= 0.3 is 0 Å². The number of aryl methyl sites for hydroxylation is 1. The maximum atomic E-state index is 13.3. The van der Waals surface area contributed by atoms with Crippen LogP contribution in [0.25, 0.3) is 0 Å². The lowest BCUT2D eigenvalue weighted by Gasteiger charge is -2.37. The highest BCUT2D eigenvalue weighted by molar-refractivity contribution is 7.89. The highest BCUT2D eigenvalue weighted by atomic mass is 32.2. The fourth-order valence-electron chi connectivity index (χ4n) is 4.82. The molecule has 0 saturated carbocycles. The van der Waals surface area contributed by atoms with Gasteiger partial charge in [-0.25, -0.2) is 17.8 Å². The number of aromatic nitrogens is 2. The van der Waals surface area contributed by atoms with Gasteiger partial charge in [0, 0.05) is 71.0 Å². The summed E-state index contributed by atoms with van der Waals surface area (Å²) in [6, 6.07) is 13.6. The number of sulfonamides is 1. The summed E-state index contributed by atoms with van der Waals surface area (Å²) < 4.78 is 41.5. The van der Waals surface area contributed by atoms with Gasteiger partial charge in [-0.3, -0.25) is 0 Å². The smallest absolute Gasteiger partial charge is 0.243 e. The van der Waals surface area contributed by atoms with E-state index in [0.29, 0.717) is 23.8 Å². The van der Waals surface area contributed by atoms with Gasteiger partial charge in [0.25, 0.3) is 0 Å². The standard InChI is InChI=1S/C26H31FN6O2S/c1-19-5-4-6-22(17-19)36(34,35)33-12-11-24-23(18-33)25(30(2)3)29-26(28-24)32-15-13-31(14-16-32)21-9-7-20(27)8-10-21/h4-10,17H,11-16,18H2,1-3H3. The van der Waals surface area contributed by atoms with E-state index in [4.69, 9.17) is 9.97 Å². The zero-order valence-electron chi connectivity index (χ0n) is 20.9. The fraction of sp³-hybridized carbons (Fsp3) is 0.385.